The van der Waals surface area contributed by atoms with Crippen LogP contribution in [0.3, 0.4) is 0 Å². The van der Waals surface area contributed by atoms with Gasteiger partial charge in [0, 0.05) is 36.1 Å². The van der Waals surface area contributed by atoms with Crippen molar-refractivity contribution in [1.82, 2.24) is 10.3 Å². The van der Waals surface area contributed by atoms with Crippen molar-refractivity contribution >= 4 is 22.5 Å². The lowest BCUT2D eigenvalue weighted by Gasteiger charge is -2.06. The molecule has 1 aromatic heterocycles. The normalized spacial score (nSPS) is 10.9. The Morgan fingerprint density at radius 3 is 2.71 bits per heavy atom. The van der Waals surface area contributed by atoms with Crippen molar-refractivity contribution in [3.8, 4) is 0 Å². The van der Waals surface area contributed by atoms with Crippen LogP contribution in [0.1, 0.15) is 5.56 Å². The second-order valence-electron chi connectivity index (χ2n) is 4.90. The second-order valence-corrected chi connectivity index (χ2v) is 6.06. The first-order chi connectivity index (χ1) is 10.4. The second kappa shape index (κ2) is 7.25. The van der Waals surface area contributed by atoms with Crippen molar-refractivity contribution in [1.29, 1.82) is 0 Å². The lowest BCUT2D eigenvalue weighted by molar-refractivity contribution is 0.729. The molecule has 0 saturated heterocycles. The number of hydrogen-bond acceptors (Lipinski definition) is 3. The first-order valence-corrected chi connectivity index (χ1v) is 8.11. The molecule has 0 fully saturated rings. The molecule has 0 atom stereocenters. The molecule has 0 aliphatic heterocycles. The molecule has 1 N–H and O–H groups in total. The average Bonchev–Trinajstić information content (AvgIpc) is 2.55. The highest BCUT2D eigenvalue weighted by Gasteiger charge is 1.97. The SMILES string of the molecule is c1cncc(CNCCSc2ccc3ccccc3c2)c1. The highest BCUT2D eigenvalue weighted by molar-refractivity contribution is 7.99. The Morgan fingerprint density at radius 2 is 1.86 bits per heavy atom. The standard InChI is InChI=1S/C18H18N2S/c1-2-6-17-12-18(8-7-16(17)5-1)21-11-10-20-14-15-4-3-9-19-13-15/h1-9,12-13,20H,10-11,14H2. The van der Waals surface area contributed by atoms with E-state index >= 15 is 0 Å². The van der Waals surface area contributed by atoms with Gasteiger partial charge < -0.3 is 5.32 Å². The number of benzene rings is 2. The van der Waals surface area contributed by atoms with Gasteiger partial charge in [-0.05, 0) is 34.5 Å². The molecule has 0 bridgehead atoms. The van der Waals surface area contributed by atoms with Crippen LogP contribution < -0.4 is 5.32 Å². The summed E-state index contributed by atoms with van der Waals surface area (Å²) in [5.74, 6) is 1.07. The lowest BCUT2D eigenvalue weighted by atomic mass is 10.1. The minimum absolute atomic E-state index is 0.881. The number of aromatic nitrogens is 1. The van der Waals surface area contributed by atoms with Gasteiger partial charge in [-0.1, -0.05) is 36.4 Å². The number of hydrogen-bond donors (Lipinski definition) is 1. The molecule has 0 aliphatic rings. The van der Waals surface area contributed by atoms with E-state index in [2.05, 4.69) is 58.8 Å². The Balaban J connectivity index is 1.46. The maximum atomic E-state index is 4.11. The summed E-state index contributed by atoms with van der Waals surface area (Å²) in [6, 6.07) is 19.2. The first-order valence-electron chi connectivity index (χ1n) is 7.13. The highest BCUT2D eigenvalue weighted by atomic mass is 32.2. The molecule has 2 aromatic carbocycles. The number of fused-ring (bicyclic) bond motifs is 1. The molecule has 106 valence electrons. The minimum Gasteiger partial charge on any atom is -0.312 e. The van der Waals surface area contributed by atoms with Gasteiger partial charge in [-0.15, -0.1) is 11.8 Å². The summed E-state index contributed by atoms with van der Waals surface area (Å²) < 4.78 is 0. The van der Waals surface area contributed by atoms with E-state index in [0.717, 1.165) is 18.8 Å². The van der Waals surface area contributed by atoms with Gasteiger partial charge in [0.15, 0.2) is 0 Å². The zero-order chi connectivity index (χ0) is 14.3. The minimum atomic E-state index is 0.881. The van der Waals surface area contributed by atoms with E-state index in [1.54, 1.807) is 6.20 Å². The molecule has 1 heterocycles. The van der Waals surface area contributed by atoms with E-state index in [0.29, 0.717) is 0 Å². The summed E-state index contributed by atoms with van der Waals surface area (Å²) in [4.78, 5) is 5.45. The van der Waals surface area contributed by atoms with Crippen LogP contribution >= 0.6 is 11.8 Å². The van der Waals surface area contributed by atoms with E-state index in [9.17, 15) is 0 Å². The molecule has 0 amide bonds. The van der Waals surface area contributed by atoms with Crippen molar-refractivity contribution in [3.05, 3.63) is 72.6 Å². The maximum Gasteiger partial charge on any atom is 0.0312 e. The zero-order valence-electron chi connectivity index (χ0n) is 11.8. The summed E-state index contributed by atoms with van der Waals surface area (Å²) in [6.07, 6.45) is 3.71. The fraction of sp³-hybridized carbons (Fsp3) is 0.167. The summed E-state index contributed by atoms with van der Waals surface area (Å²) in [5, 5.41) is 6.06. The smallest absolute Gasteiger partial charge is 0.0312 e. The van der Waals surface area contributed by atoms with Crippen molar-refractivity contribution in [3.63, 3.8) is 0 Å². The van der Waals surface area contributed by atoms with Crippen LogP contribution in [0.25, 0.3) is 10.8 Å². The fourth-order valence-electron chi connectivity index (χ4n) is 2.23. The number of pyridine rings is 1. The summed E-state index contributed by atoms with van der Waals surface area (Å²) >= 11 is 1.89. The van der Waals surface area contributed by atoms with Crippen LogP contribution in [0.4, 0.5) is 0 Å². The van der Waals surface area contributed by atoms with Crippen LogP contribution in [0.2, 0.25) is 0 Å². The van der Waals surface area contributed by atoms with Gasteiger partial charge in [-0.2, -0.15) is 0 Å². The van der Waals surface area contributed by atoms with Crippen molar-refractivity contribution < 1.29 is 0 Å². The fourth-order valence-corrected chi connectivity index (χ4v) is 3.09. The average molecular weight is 294 g/mol. The molecule has 0 spiro atoms. The Labute approximate surface area is 129 Å². The van der Waals surface area contributed by atoms with E-state index < -0.39 is 0 Å². The van der Waals surface area contributed by atoms with Gasteiger partial charge in [-0.25, -0.2) is 0 Å². The van der Waals surface area contributed by atoms with Crippen LogP contribution in [-0.4, -0.2) is 17.3 Å². The molecule has 3 rings (SSSR count). The molecule has 0 saturated carbocycles. The van der Waals surface area contributed by atoms with Gasteiger partial charge in [0.05, 0.1) is 0 Å². The predicted molar refractivity (Wildman–Crippen MR) is 90.6 cm³/mol. The Morgan fingerprint density at radius 1 is 0.952 bits per heavy atom. The van der Waals surface area contributed by atoms with Crippen LogP contribution in [0.15, 0.2) is 71.9 Å². The molecule has 0 unspecified atom stereocenters. The van der Waals surface area contributed by atoms with Gasteiger partial charge in [-0.3, -0.25) is 4.98 Å². The first kappa shape index (κ1) is 14.1. The van der Waals surface area contributed by atoms with Crippen molar-refractivity contribution in [2.75, 3.05) is 12.3 Å². The molecular formula is C18H18N2S. The Kier molecular flexibility index (Phi) is 4.87. The third-order valence-corrected chi connectivity index (χ3v) is 4.32. The predicted octanol–water partition coefficient (Wildman–Crippen LogP) is 4.12. The van der Waals surface area contributed by atoms with E-state index in [4.69, 9.17) is 0 Å². The Bertz CT molecular complexity index is 698. The molecule has 3 aromatic rings. The summed E-state index contributed by atoms with van der Waals surface area (Å²) in [7, 11) is 0. The number of nitrogens with zero attached hydrogens (tertiary/aromatic N) is 1. The van der Waals surface area contributed by atoms with Crippen molar-refractivity contribution in [2.24, 2.45) is 0 Å². The molecule has 3 heteroatoms. The number of nitrogens with one attached hydrogen (secondary N) is 1. The van der Waals surface area contributed by atoms with Gasteiger partial charge >= 0.3 is 0 Å². The zero-order valence-corrected chi connectivity index (χ0v) is 12.6. The Hall–Kier alpha value is -1.84. The maximum absolute atomic E-state index is 4.11. The van der Waals surface area contributed by atoms with E-state index in [-0.39, 0.29) is 0 Å². The molecule has 2 nitrogen and oxygen atoms in total. The quantitative estimate of drug-likeness (QED) is 0.547. The number of thioether (sulfide) groups is 1. The van der Waals surface area contributed by atoms with Gasteiger partial charge in [0.1, 0.15) is 0 Å². The number of rotatable bonds is 6. The highest BCUT2D eigenvalue weighted by Crippen LogP contribution is 2.23. The third-order valence-electron chi connectivity index (χ3n) is 3.32. The molecule has 0 aliphatic carbocycles. The van der Waals surface area contributed by atoms with Gasteiger partial charge in [0.25, 0.3) is 0 Å². The van der Waals surface area contributed by atoms with Crippen LogP contribution in [-0.2, 0) is 6.54 Å². The van der Waals surface area contributed by atoms with E-state index in [1.165, 1.54) is 21.2 Å². The molecule has 21 heavy (non-hydrogen) atoms. The van der Waals surface area contributed by atoms with E-state index in [1.807, 2.05) is 24.0 Å². The topological polar surface area (TPSA) is 24.9 Å². The van der Waals surface area contributed by atoms with Crippen molar-refractivity contribution in [2.45, 2.75) is 11.4 Å². The van der Waals surface area contributed by atoms with Crippen LogP contribution in [0, 0.1) is 0 Å². The third kappa shape index (κ3) is 4.06. The monoisotopic (exact) mass is 294 g/mol. The molecule has 0 radical (unpaired) electrons. The summed E-state index contributed by atoms with van der Waals surface area (Å²) in [5.41, 5.74) is 1.23. The lowest BCUT2D eigenvalue weighted by Crippen LogP contribution is -2.16. The van der Waals surface area contributed by atoms with Crippen LogP contribution in [0.5, 0.6) is 0 Å². The largest absolute Gasteiger partial charge is 0.312 e. The summed E-state index contributed by atoms with van der Waals surface area (Å²) in [6.45, 7) is 1.87. The molecular weight excluding hydrogens is 276 g/mol. The van der Waals surface area contributed by atoms with Gasteiger partial charge in [0.2, 0.25) is 0 Å².